The number of likely N-dealkylation sites (tertiary alicyclic amines) is 1. The standard InChI is InChI=1S/C26H29N3O3/c1-20(17-25-6-4-16-31-25)19-29-14-11-24(12-15-29)32-23-9-7-21(8-10-23)26(30)28-18-22-5-2-3-13-27-22/h2-10,13,16-17,24H,11-12,14-15,18-19H2,1H3,(H,28,30)/b20-17+. The van der Waals surface area contributed by atoms with Gasteiger partial charge in [0.25, 0.3) is 5.91 Å². The molecule has 1 fully saturated rings. The van der Waals surface area contributed by atoms with Gasteiger partial charge in [-0.2, -0.15) is 0 Å². The number of benzene rings is 1. The number of hydrogen-bond acceptors (Lipinski definition) is 5. The third-order valence-electron chi connectivity index (χ3n) is 5.51. The zero-order valence-corrected chi connectivity index (χ0v) is 18.4. The van der Waals surface area contributed by atoms with Crippen LogP contribution in [0.5, 0.6) is 5.75 Å². The molecule has 166 valence electrons. The molecule has 1 aromatic carbocycles. The lowest BCUT2D eigenvalue weighted by molar-refractivity contribution is 0.0950. The van der Waals surface area contributed by atoms with Gasteiger partial charge in [-0.3, -0.25) is 14.7 Å². The first-order valence-corrected chi connectivity index (χ1v) is 11.0. The van der Waals surface area contributed by atoms with Crippen molar-refractivity contribution in [2.75, 3.05) is 19.6 Å². The summed E-state index contributed by atoms with van der Waals surface area (Å²) in [5.74, 6) is 1.58. The minimum Gasteiger partial charge on any atom is -0.490 e. The molecule has 0 saturated carbocycles. The van der Waals surface area contributed by atoms with Crippen molar-refractivity contribution >= 4 is 12.0 Å². The molecule has 0 radical (unpaired) electrons. The molecule has 3 aromatic rings. The summed E-state index contributed by atoms with van der Waals surface area (Å²) in [5, 5.41) is 2.89. The minimum absolute atomic E-state index is 0.117. The predicted molar refractivity (Wildman–Crippen MR) is 124 cm³/mol. The Hall–Kier alpha value is -3.38. The molecular weight excluding hydrogens is 402 g/mol. The molecule has 1 aliphatic rings. The Labute approximate surface area is 188 Å². The number of furan rings is 1. The smallest absolute Gasteiger partial charge is 0.251 e. The number of carbonyl (C=O) groups excluding carboxylic acids is 1. The van der Waals surface area contributed by atoms with Crippen LogP contribution in [0, 0.1) is 0 Å². The number of nitrogens with zero attached hydrogens (tertiary/aromatic N) is 2. The van der Waals surface area contributed by atoms with Gasteiger partial charge in [0, 0.05) is 31.4 Å². The van der Waals surface area contributed by atoms with Gasteiger partial charge < -0.3 is 14.5 Å². The minimum atomic E-state index is -0.117. The molecule has 0 spiro atoms. The number of ether oxygens (including phenoxy) is 1. The molecule has 1 N–H and O–H groups in total. The van der Waals surface area contributed by atoms with E-state index in [1.807, 2.05) is 42.5 Å². The van der Waals surface area contributed by atoms with E-state index in [0.717, 1.165) is 49.7 Å². The van der Waals surface area contributed by atoms with Gasteiger partial charge >= 0.3 is 0 Å². The second-order valence-corrected chi connectivity index (χ2v) is 8.13. The van der Waals surface area contributed by atoms with E-state index in [1.54, 1.807) is 24.6 Å². The second kappa shape index (κ2) is 10.8. The number of piperidine rings is 1. The largest absolute Gasteiger partial charge is 0.490 e. The quantitative estimate of drug-likeness (QED) is 0.567. The van der Waals surface area contributed by atoms with E-state index in [4.69, 9.17) is 9.15 Å². The topological polar surface area (TPSA) is 67.6 Å². The van der Waals surface area contributed by atoms with Gasteiger partial charge in [0.1, 0.15) is 17.6 Å². The van der Waals surface area contributed by atoms with Crippen molar-refractivity contribution in [2.24, 2.45) is 0 Å². The highest BCUT2D eigenvalue weighted by atomic mass is 16.5. The highest BCUT2D eigenvalue weighted by Gasteiger charge is 2.20. The zero-order valence-electron chi connectivity index (χ0n) is 18.4. The summed E-state index contributed by atoms with van der Waals surface area (Å²) >= 11 is 0. The Morgan fingerprint density at radius 3 is 2.66 bits per heavy atom. The number of rotatable bonds is 8. The van der Waals surface area contributed by atoms with Crippen LogP contribution in [-0.4, -0.2) is 41.5 Å². The molecule has 0 unspecified atom stereocenters. The predicted octanol–water partition coefficient (Wildman–Crippen LogP) is 4.55. The molecule has 2 aromatic heterocycles. The normalized spacial score (nSPS) is 15.5. The molecule has 1 aliphatic heterocycles. The Kier molecular flexibility index (Phi) is 7.35. The summed E-state index contributed by atoms with van der Waals surface area (Å²) in [6.45, 7) is 5.49. The first-order valence-electron chi connectivity index (χ1n) is 11.0. The van der Waals surface area contributed by atoms with Crippen molar-refractivity contribution in [1.82, 2.24) is 15.2 Å². The SMILES string of the molecule is C/C(=C\c1ccco1)CN1CCC(Oc2ccc(C(=O)NCc3ccccn3)cc2)CC1. The van der Waals surface area contributed by atoms with Crippen LogP contribution >= 0.6 is 0 Å². The fraction of sp³-hybridized carbons (Fsp3) is 0.308. The highest BCUT2D eigenvalue weighted by Crippen LogP contribution is 2.20. The van der Waals surface area contributed by atoms with Crippen LogP contribution in [0.3, 0.4) is 0 Å². The lowest BCUT2D eigenvalue weighted by Gasteiger charge is -2.32. The van der Waals surface area contributed by atoms with Crippen LogP contribution in [0.1, 0.15) is 41.6 Å². The van der Waals surface area contributed by atoms with Crippen LogP contribution in [0.4, 0.5) is 0 Å². The van der Waals surface area contributed by atoms with E-state index in [2.05, 4.69) is 28.2 Å². The number of nitrogens with one attached hydrogen (secondary N) is 1. The number of aromatic nitrogens is 1. The molecule has 1 amide bonds. The summed E-state index contributed by atoms with van der Waals surface area (Å²) < 4.78 is 11.6. The maximum absolute atomic E-state index is 12.3. The lowest BCUT2D eigenvalue weighted by Crippen LogP contribution is -2.39. The lowest BCUT2D eigenvalue weighted by atomic mass is 10.1. The van der Waals surface area contributed by atoms with E-state index < -0.39 is 0 Å². The van der Waals surface area contributed by atoms with Gasteiger partial charge in [0.2, 0.25) is 0 Å². The van der Waals surface area contributed by atoms with Crippen LogP contribution < -0.4 is 10.1 Å². The second-order valence-electron chi connectivity index (χ2n) is 8.13. The molecule has 3 heterocycles. The summed E-state index contributed by atoms with van der Waals surface area (Å²) in [6, 6.07) is 16.9. The van der Waals surface area contributed by atoms with Crippen LogP contribution in [0.25, 0.3) is 6.08 Å². The van der Waals surface area contributed by atoms with Crippen molar-refractivity contribution in [3.63, 3.8) is 0 Å². The van der Waals surface area contributed by atoms with Crippen molar-refractivity contribution in [3.8, 4) is 5.75 Å². The molecule has 4 rings (SSSR count). The fourth-order valence-corrected chi connectivity index (χ4v) is 3.85. The average molecular weight is 432 g/mol. The molecular formula is C26H29N3O3. The maximum atomic E-state index is 12.3. The van der Waals surface area contributed by atoms with Crippen LogP contribution in [0.15, 0.2) is 77.0 Å². The van der Waals surface area contributed by atoms with E-state index >= 15 is 0 Å². The van der Waals surface area contributed by atoms with Gasteiger partial charge in [-0.25, -0.2) is 0 Å². The number of hydrogen-bond donors (Lipinski definition) is 1. The number of pyridine rings is 1. The van der Waals surface area contributed by atoms with Crippen LogP contribution in [-0.2, 0) is 6.54 Å². The summed E-state index contributed by atoms with van der Waals surface area (Å²) in [6.07, 6.45) is 7.68. The Morgan fingerprint density at radius 1 is 1.16 bits per heavy atom. The maximum Gasteiger partial charge on any atom is 0.251 e. The average Bonchev–Trinajstić information content (AvgIpc) is 3.33. The first-order chi connectivity index (χ1) is 15.7. The molecule has 0 bridgehead atoms. The van der Waals surface area contributed by atoms with Crippen molar-refractivity contribution in [2.45, 2.75) is 32.4 Å². The summed E-state index contributed by atoms with van der Waals surface area (Å²) in [7, 11) is 0. The van der Waals surface area contributed by atoms with Crippen LogP contribution in [0.2, 0.25) is 0 Å². The zero-order chi connectivity index (χ0) is 22.2. The Bertz CT molecular complexity index is 1010. The third kappa shape index (κ3) is 6.31. The molecule has 6 heteroatoms. The van der Waals surface area contributed by atoms with Crippen molar-refractivity contribution in [3.05, 3.63) is 89.6 Å². The van der Waals surface area contributed by atoms with Gasteiger partial charge in [-0.05, 0) is 74.4 Å². The van der Waals surface area contributed by atoms with E-state index in [0.29, 0.717) is 12.1 Å². The van der Waals surface area contributed by atoms with Gasteiger partial charge in [-0.1, -0.05) is 11.6 Å². The number of carbonyl (C=O) groups is 1. The molecule has 32 heavy (non-hydrogen) atoms. The molecule has 0 aliphatic carbocycles. The highest BCUT2D eigenvalue weighted by molar-refractivity contribution is 5.94. The van der Waals surface area contributed by atoms with E-state index in [1.165, 1.54) is 5.57 Å². The Morgan fingerprint density at radius 2 is 1.97 bits per heavy atom. The van der Waals surface area contributed by atoms with Gasteiger partial charge in [0.15, 0.2) is 0 Å². The summed E-state index contributed by atoms with van der Waals surface area (Å²) in [4.78, 5) is 19.0. The van der Waals surface area contributed by atoms with E-state index in [-0.39, 0.29) is 12.0 Å². The third-order valence-corrected chi connectivity index (χ3v) is 5.51. The number of amides is 1. The van der Waals surface area contributed by atoms with Gasteiger partial charge in [0.05, 0.1) is 18.5 Å². The molecule has 0 atom stereocenters. The fourth-order valence-electron chi connectivity index (χ4n) is 3.85. The van der Waals surface area contributed by atoms with Crippen molar-refractivity contribution < 1.29 is 13.9 Å². The molecule has 1 saturated heterocycles. The Balaban J connectivity index is 1.21. The van der Waals surface area contributed by atoms with Gasteiger partial charge in [-0.15, -0.1) is 0 Å². The van der Waals surface area contributed by atoms with Crippen molar-refractivity contribution in [1.29, 1.82) is 0 Å². The van der Waals surface area contributed by atoms with E-state index in [9.17, 15) is 4.79 Å². The first kappa shape index (κ1) is 21.8. The molecule has 6 nitrogen and oxygen atoms in total. The summed E-state index contributed by atoms with van der Waals surface area (Å²) in [5.41, 5.74) is 2.73. The monoisotopic (exact) mass is 431 g/mol.